The Hall–Kier alpha value is -0.390. The van der Waals surface area contributed by atoms with Crippen molar-refractivity contribution in [2.75, 3.05) is 13.1 Å². The lowest BCUT2D eigenvalue weighted by molar-refractivity contribution is 0.412. The summed E-state index contributed by atoms with van der Waals surface area (Å²) in [5, 5.41) is 3.20. The first kappa shape index (κ1) is 20.7. The third kappa shape index (κ3) is 6.94. The molecular formula is C14H25IN4O2S2. The van der Waals surface area contributed by atoms with Gasteiger partial charge >= 0.3 is 0 Å². The Morgan fingerprint density at radius 2 is 2.04 bits per heavy atom. The van der Waals surface area contributed by atoms with Gasteiger partial charge in [-0.1, -0.05) is 19.3 Å². The van der Waals surface area contributed by atoms with Gasteiger partial charge in [-0.3, -0.25) is 4.99 Å². The molecule has 0 radical (unpaired) electrons. The van der Waals surface area contributed by atoms with Gasteiger partial charge < -0.3 is 11.1 Å². The molecular weight excluding hydrogens is 447 g/mol. The zero-order valence-electron chi connectivity index (χ0n) is 13.2. The van der Waals surface area contributed by atoms with Gasteiger partial charge in [-0.05, 0) is 31.9 Å². The summed E-state index contributed by atoms with van der Waals surface area (Å²) in [5.41, 5.74) is 5.83. The summed E-state index contributed by atoms with van der Waals surface area (Å²) < 4.78 is 26.9. The van der Waals surface area contributed by atoms with Crippen LogP contribution in [0, 0.1) is 6.92 Å². The molecule has 0 saturated heterocycles. The van der Waals surface area contributed by atoms with E-state index < -0.39 is 10.0 Å². The average Bonchev–Trinajstić information content (AvgIpc) is 2.92. The van der Waals surface area contributed by atoms with Crippen LogP contribution in [0.5, 0.6) is 0 Å². The normalized spacial score (nSPS) is 16.8. The van der Waals surface area contributed by atoms with E-state index in [2.05, 4.69) is 15.0 Å². The molecule has 0 unspecified atom stereocenters. The first-order chi connectivity index (χ1) is 10.5. The number of thiophene rings is 1. The first-order valence-corrected chi connectivity index (χ1v) is 9.90. The fraction of sp³-hybridized carbons (Fsp3) is 0.643. The number of hydrogen-bond acceptors (Lipinski definition) is 4. The molecule has 4 N–H and O–H groups in total. The van der Waals surface area contributed by atoms with Gasteiger partial charge in [0.05, 0.1) is 6.54 Å². The van der Waals surface area contributed by atoms with E-state index in [0.29, 0.717) is 22.8 Å². The molecule has 1 aliphatic rings. The molecule has 1 aromatic rings. The lowest BCUT2D eigenvalue weighted by Crippen LogP contribution is -2.41. The third-order valence-corrected chi connectivity index (χ3v) is 6.58. The number of sulfonamides is 1. The predicted molar refractivity (Wildman–Crippen MR) is 106 cm³/mol. The van der Waals surface area contributed by atoms with E-state index in [0.717, 1.165) is 17.7 Å². The molecule has 6 nitrogen and oxygen atoms in total. The van der Waals surface area contributed by atoms with Gasteiger partial charge in [0.15, 0.2) is 5.96 Å². The zero-order valence-corrected chi connectivity index (χ0v) is 17.2. The maximum absolute atomic E-state index is 12.0. The smallest absolute Gasteiger partial charge is 0.250 e. The van der Waals surface area contributed by atoms with Crippen molar-refractivity contribution >= 4 is 51.3 Å². The second kappa shape index (κ2) is 9.80. The number of halogens is 1. The summed E-state index contributed by atoms with van der Waals surface area (Å²) in [5.74, 6) is 0.401. The minimum Gasteiger partial charge on any atom is -0.370 e. The van der Waals surface area contributed by atoms with E-state index in [4.69, 9.17) is 5.73 Å². The van der Waals surface area contributed by atoms with E-state index >= 15 is 0 Å². The topological polar surface area (TPSA) is 96.6 Å². The van der Waals surface area contributed by atoms with Gasteiger partial charge in [0.1, 0.15) is 4.21 Å². The number of rotatable bonds is 6. The van der Waals surface area contributed by atoms with Crippen molar-refractivity contribution in [1.29, 1.82) is 0 Å². The van der Waals surface area contributed by atoms with Crippen LogP contribution < -0.4 is 15.8 Å². The molecule has 1 heterocycles. The molecule has 9 heteroatoms. The van der Waals surface area contributed by atoms with Crippen molar-refractivity contribution < 1.29 is 8.42 Å². The molecule has 0 atom stereocenters. The van der Waals surface area contributed by atoms with E-state index in [1.54, 1.807) is 12.1 Å². The Bertz CT molecular complexity index is 610. The van der Waals surface area contributed by atoms with Crippen molar-refractivity contribution in [3.05, 3.63) is 17.0 Å². The van der Waals surface area contributed by atoms with E-state index in [-0.39, 0.29) is 30.5 Å². The minimum atomic E-state index is -3.43. The van der Waals surface area contributed by atoms with Crippen LogP contribution in [0.15, 0.2) is 21.3 Å². The number of nitrogens with zero attached hydrogens (tertiary/aromatic N) is 1. The fourth-order valence-electron chi connectivity index (χ4n) is 2.49. The molecule has 132 valence electrons. The van der Waals surface area contributed by atoms with Gasteiger partial charge in [-0.15, -0.1) is 35.3 Å². The summed E-state index contributed by atoms with van der Waals surface area (Å²) in [7, 11) is -3.43. The van der Waals surface area contributed by atoms with Crippen LogP contribution in [0.25, 0.3) is 0 Å². The van der Waals surface area contributed by atoms with E-state index in [1.165, 1.54) is 30.6 Å². The van der Waals surface area contributed by atoms with Crippen molar-refractivity contribution in [2.24, 2.45) is 10.7 Å². The van der Waals surface area contributed by atoms with Crippen LogP contribution in [0.2, 0.25) is 0 Å². The zero-order chi connectivity index (χ0) is 16.0. The molecule has 1 aliphatic carbocycles. The number of guanidine groups is 1. The van der Waals surface area contributed by atoms with Crippen LogP contribution in [-0.4, -0.2) is 33.5 Å². The lowest BCUT2D eigenvalue weighted by Gasteiger charge is -2.23. The Kier molecular flexibility index (Phi) is 8.80. The number of nitrogens with one attached hydrogen (secondary N) is 2. The molecule has 0 amide bonds. The SMILES string of the molecule is Cc1ccc(S(=O)(=O)NCCN=C(N)NC2CCCCC2)s1.I. The average molecular weight is 472 g/mol. The van der Waals surface area contributed by atoms with Crippen molar-refractivity contribution in [1.82, 2.24) is 10.0 Å². The molecule has 1 fully saturated rings. The largest absolute Gasteiger partial charge is 0.370 e. The Morgan fingerprint density at radius 1 is 1.35 bits per heavy atom. The summed E-state index contributed by atoms with van der Waals surface area (Å²) in [6.07, 6.45) is 6.00. The van der Waals surface area contributed by atoms with Crippen LogP contribution in [0.1, 0.15) is 37.0 Å². The van der Waals surface area contributed by atoms with Crippen molar-refractivity contribution in [3.63, 3.8) is 0 Å². The van der Waals surface area contributed by atoms with E-state index in [1.807, 2.05) is 6.92 Å². The van der Waals surface area contributed by atoms with Crippen molar-refractivity contribution in [2.45, 2.75) is 49.3 Å². The minimum absolute atomic E-state index is 0. The summed E-state index contributed by atoms with van der Waals surface area (Å²) in [4.78, 5) is 5.15. The molecule has 1 aromatic heterocycles. The maximum atomic E-state index is 12.0. The highest BCUT2D eigenvalue weighted by atomic mass is 127. The second-order valence-corrected chi connectivity index (χ2v) is 8.79. The van der Waals surface area contributed by atoms with Gasteiger partial charge in [-0.2, -0.15) is 0 Å². The Balaban J connectivity index is 0.00000264. The van der Waals surface area contributed by atoms with Gasteiger partial charge in [-0.25, -0.2) is 13.1 Å². The number of hydrogen-bond donors (Lipinski definition) is 3. The standard InChI is InChI=1S/C14H24N4O2S2.HI/c1-11-7-8-13(21-11)22(19,20)17-10-9-16-14(15)18-12-5-3-2-4-6-12;/h7-8,12,17H,2-6,9-10H2,1H3,(H3,15,16,18);1H. The predicted octanol–water partition coefficient (Wildman–Crippen LogP) is 2.19. The molecule has 0 aromatic carbocycles. The lowest BCUT2D eigenvalue weighted by atomic mass is 9.96. The molecule has 0 aliphatic heterocycles. The van der Waals surface area contributed by atoms with Gasteiger partial charge in [0.25, 0.3) is 0 Å². The molecule has 0 bridgehead atoms. The van der Waals surface area contributed by atoms with Crippen LogP contribution in [0.4, 0.5) is 0 Å². The molecule has 23 heavy (non-hydrogen) atoms. The van der Waals surface area contributed by atoms with Crippen LogP contribution >= 0.6 is 35.3 Å². The van der Waals surface area contributed by atoms with E-state index in [9.17, 15) is 8.42 Å². The quantitative estimate of drug-likeness (QED) is 0.256. The van der Waals surface area contributed by atoms with Crippen molar-refractivity contribution in [3.8, 4) is 0 Å². The number of aryl methyl sites for hydroxylation is 1. The highest BCUT2D eigenvalue weighted by molar-refractivity contribution is 14.0. The van der Waals surface area contributed by atoms with Gasteiger partial charge in [0.2, 0.25) is 10.0 Å². The number of aliphatic imine (C=N–C) groups is 1. The fourth-order valence-corrected chi connectivity index (χ4v) is 4.83. The van der Waals surface area contributed by atoms with Gasteiger partial charge in [0, 0.05) is 17.5 Å². The molecule has 2 rings (SSSR count). The summed E-state index contributed by atoms with van der Waals surface area (Å²) in [6, 6.07) is 3.82. The summed E-state index contributed by atoms with van der Waals surface area (Å²) in [6.45, 7) is 2.45. The maximum Gasteiger partial charge on any atom is 0.250 e. The highest BCUT2D eigenvalue weighted by Gasteiger charge is 2.15. The molecule has 0 spiro atoms. The summed E-state index contributed by atoms with van der Waals surface area (Å²) >= 11 is 1.26. The molecule has 1 saturated carbocycles. The monoisotopic (exact) mass is 472 g/mol. The van der Waals surface area contributed by atoms with Crippen LogP contribution in [-0.2, 0) is 10.0 Å². The second-order valence-electron chi connectivity index (χ2n) is 5.51. The first-order valence-electron chi connectivity index (χ1n) is 7.60. The Labute approximate surface area is 159 Å². The third-order valence-electron chi connectivity index (χ3n) is 3.62. The highest BCUT2D eigenvalue weighted by Crippen LogP contribution is 2.20. The Morgan fingerprint density at radius 3 is 2.65 bits per heavy atom. The van der Waals surface area contributed by atoms with Crippen LogP contribution in [0.3, 0.4) is 0 Å². The number of nitrogens with two attached hydrogens (primary N) is 1.